The molecule has 5 heteroatoms. The SMILES string of the molecule is Cc1cccc(NC(=O)COc2ccc(Br)c(C=O)c2)c1. The minimum absolute atomic E-state index is 0.117. The number of amides is 1. The summed E-state index contributed by atoms with van der Waals surface area (Å²) in [5.74, 6) is 0.218. The lowest BCUT2D eigenvalue weighted by Crippen LogP contribution is -2.20. The largest absolute Gasteiger partial charge is 0.484 e. The Kier molecular flexibility index (Phi) is 5.11. The summed E-state index contributed by atoms with van der Waals surface area (Å²) in [5, 5.41) is 2.75. The van der Waals surface area contributed by atoms with Crippen LogP contribution < -0.4 is 10.1 Å². The van der Waals surface area contributed by atoms with Gasteiger partial charge in [0.05, 0.1) is 0 Å². The molecular formula is C16H14BrNO3. The summed E-state index contributed by atoms with van der Waals surface area (Å²) >= 11 is 3.26. The van der Waals surface area contributed by atoms with E-state index in [2.05, 4.69) is 21.2 Å². The summed E-state index contributed by atoms with van der Waals surface area (Å²) in [4.78, 5) is 22.6. The topological polar surface area (TPSA) is 55.4 Å². The maximum Gasteiger partial charge on any atom is 0.262 e. The molecule has 0 aliphatic carbocycles. The van der Waals surface area contributed by atoms with Crippen LogP contribution in [-0.2, 0) is 4.79 Å². The van der Waals surface area contributed by atoms with Crippen LogP contribution >= 0.6 is 15.9 Å². The molecule has 2 rings (SSSR count). The summed E-state index contributed by atoms with van der Waals surface area (Å²) in [6.07, 6.45) is 0.726. The van der Waals surface area contributed by atoms with Gasteiger partial charge in [0.25, 0.3) is 5.91 Å². The van der Waals surface area contributed by atoms with Crippen LogP contribution in [0.5, 0.6) is 5.75 Å². The highest BCUT2D eigenvalue weighted by Crippen LogP contribution is 2.21. The second-order valence-electron chi connectivity index (χ2n) is 4.51. The molecule has 0 aliphatic rings. The Labute approximate surface area is 131 Å². The van der Waals surface area contributed by atoms with Gasteiger partial charge < -0.3 is 10.1 Å². The van der Waals surface area contributed by atoms with E-state index >= 15 is 0 Å². The highest BCUT2D eigenvalue weighted by atomic mass is 79.9. The molecule has 4 nitrogen and oxygen atoms in total. The fourth-order valence-corrected chi connectivity index (χ4v) is 2.11. The third-order valence-corrected chi connectivity index (χ3v) is 3.49. The van der Waals surface area contributed by atoms with Crippen molar-refractivity contribution >= 4 is 33.8 Å². The average molecular weight is 348 g/mol. The van der Waals surface area contributed by atoms with E-state index in [-0.39, 0.29) is 12.5 Å². The number of nitrogens with one attached hydrogen (secondary N) is 1. The number of halogens is 1. The molecule has 2 aromatic rings. The highest BCUT2D eigenvalue weighted by molar-refractivity contribution is 9.10. The van der Waals surface area contributed by atoms with Crippen LogP contribution in [-0.4, -0.2) is 18.8 Å². The Morgan fingerprint density at radius 1 is 1.29 bits per heavy atom. The van der Waals surface area contributed by atoms with Crippen molar-refractivity contribution in [1.29, 1.82) is 0 Å². The van der Waals surface area contributed by atoms with Crippen molar-refractivity contribution in [3.8, 4) is 5.75 Å². The lowest BCUT2D eigenvalue weighted by molar-refractivity contribution is -0.118. The first-order valence-electron chi connectivity index (χ1n) is 6.32. The summed E-state index contributed by atoms with van der Waals surface area (Å²) in [7, 11) is 0. The summed E-state index contributed by atoms with van der Waals surface area (Å²) < 4.78 is 6.06. The number of anilines is 1. The van der Waals surface area contributed by atoms with Gasteiger partial charge in [-0.3, -0.25) is 9.59 Å². The molecule has 0 aliphatic heterocycles. The van der Waals surface area contributed by atoms with E-state index in [9.17, 15) is 9.59 Å². The summed E-state index contributed by atoms with van der Waals surface area (Å²) in [6, 6.07) is 12.5. The number of hydrogen-bond acceptors (Lipinski definition) is 3. The number of rotatable bonds is 5. The number of aldehydes is 1. The normalized spacial score (nSPS) is 10.0. The Morgan fingerprint density at radius 3 is 2.81 bits per heavy atom. The van der Waals surface area contributed by atoms with E-state index in [1.165, 1.54) is 0 Å². The summed E-state index contributed by atoms with van der Waals surface area (Å²) in [6.45, 7) is 1.84. The predicted octanol–water partition coefficient (Wildman–Crippen LogP) is 3.59. The zero-order valence-corrected chi connectivity index (χ0v) is 13.0. The van der Waals surface area contributed by atoms with Gasteiger partial charge in [0.15, 0.2) is 12.9 Å². The van der Waals surface area contributed by atoms with Gasteiger partial charge in [-0.25, -0.2) is 0 Å². The number of aryl methyl sites for hydroxylation is 1. The van der Waals surface area contributed by atoms with E-state index in [1.807, 2.05) is 31.2 Å². The molecule has 1 amide bonds. The zero-order valence-electron chi connectivity index (χ0n) is 11.4. The van der Waals surface area contributed by atoms with Crippen LogP contribution in [0.1, 0.15) is 15.9 Å². The number of hydrogen-bond donors (Lipinski definition) is 1. The molecule has 108 valence electrons. The van der Waals surface area contributed by atoms with Gasteiger partial charge in [-0.05, 0) is 42.8 Å². The number of benzene rings is 2. The van der Waals surface area contributed by atoms with Gasteiger partial charge >= 0.3 is 0 Å². The van der Waals surface area contributed by atoms with E-state index in [1.54, 1.807) is 18.2 Å². The fraction of sp³-hybridized carbons (Fsp3) is 0.125. The molecule has 21 heavy (non-hydrogen) atoms. The monoisotopic (exact) mass is 347 g/mol. The number of ether oxygens (including phenoxy) is 1. The third kappa shape index (κ3) is 4.43. The van der Waals surface area contributed by atoms with Crippen LogP contribution in [0.2, 0.25) is 0 Å². The maximum absolute atomic E-state index is 11.8. The van der Waals surface area contributed by atoms with Crippen LogP contribution in [0.4, 0.5) is 5.69 Å². The Balaban J connectivity index is 1.93. The first kappa shape index (κ1) is 15.3. The Hall–Kier alpha value is -2.14. The molecule has 0 saturated carbocycles. The second kappa shape index (κ2) is 7.04. The molecule has 0 unspecified atom stereocenters. The van der Waals surface area contributed by atoms with E-state index in [0.29, 0.717) is 15.8 Å². The zero-order chi connectivity index (χ0) is 15.2. The van der Waals surface area contributed by atoms with Crippen molar-refractivity contribution in [2.24, 2.45) is 0 Å². The molecule has 0 fully saturated rings. The first-order valence-corrected chi connectivity index (χ1v) is 7.12. The van der Waals surface area contributed by atoms with Crippen molar-refractivity contribution in [3.05, 3.63) is 58.1 Å². The van der Waals surface area contributed by atoms with Crippen molar-refractivity contribution in [3.63, 3.8) is 0 Å². The van der Waals surface area contributed by atoms with Crippen LogP contribution in [0.25, 0.3) is 0 Å². The number of carbonyl (C=O) groups is 2. The fourth-order valence-electron chi connectivity index (χ4n) is 1.77. The summed E-state index contributed by atoms with van der Waals surface area (Å²) in [5.41, 5.74) is 2.27. The van der Waals surface area contributed by atoms with E-state index < -0.39 is 0 Å². The van der Waals surface area contributed by atoms with E-state index in [4.69, 9.17) is 4.74 Å². The lowest BCUT2D eigenvalue weighted by atomic mass is 10.2. The van der Waals surface area contributed by atoms with Gasteiger partial charge in [0.1, 0.15) is 5.75 Å². The molecule has 0 atom stereocenters. The minimum Gasteiger partial charge on any atom is -0.484 e. The molecule has 0 heterocycles. The molecule has 0 aromatic heterocycles. The molecule has 0 radical (unpaired) electrons. The molecule has 2 aromatic carbocycles. The first-order chi connectivity index (χ1) is 10.1. The highest BCUT2D eigenvalue weighted by Gasteiger charge is 2.06. The van der Waals surface area contributed by atoms with Gasteiger partial charge in [-0.15, -0.1) is 0 Å². The van der Waals surface area contributed by atoms with Gasteiger partial charge in [0.2, 0.25) is 0 Å². The minimum atomic E-state index is -0.254. The van der Waals surface area contributed by atoms with Crippen molar-refractivity contribution < 1.29 is 14.3 Å². The standard InChI is InChI=1S/C16H14BrNO3/c1-11-3-2-4-13(7-11)18-16(20)10-21-14-5-6-15(17)12(8-14)9-19/h2-9H,10H2,1H3,(H,18,20). The van der Waals surface area contributed by atoms with E-state index in [0.717, 1.165) is 17.5 Å². The van der Waals surface area contributed by atoms with Crippen molar-refractivity contribution in [1.82, 2.24) is 0 Å². The molecular weight excluding hydrogens is 334 g/mol. The van der Waals surface area contributed by atoms with Gasteiger partial charge in [0, 0.05) is 15.7 Å². The Bertz CT molecular complexity index is 670. The molecule has 0 bridgehead atoms. The lowest BCUT2D eigenvalue weighted by Gasteiger charge is -2.09. The van der Waals surface area contributed by atoms with Crippen molar-refractivity contribution in [2.45, 2.75) is 6.92 Å². The average Bonchev–Trinajstić information content (AvgIpc) is 2.46. The molecule has 1 N–H and O–H groups in total. The predicted molar refractivity (Wildman–Crippen MR) is 84.8 cm³/mol. The third-order valence-electron chi connectivity index (χ3n) is 2.77. The van der Waals surface area contributed by atoms with Gasteiger partial charge in [-0.1, -0.05) is 28.1 Å². The molecule has 0 spiro atoms. The maximum atomic E-state index is 11.8. The second-order valence-corrected chi connectivity index (χ2v) is 5.36. The quantitative estimate of drug-likeness (QED) is 0.841. The van der Waals surface area contributed by atoms with Gasteiger partial charge in [-0.2, -0.15) is 0 Å². The van der Waals surface area contributed by atoms with Crippen LogP contribution in [0.3, 0.4) is 0 Å². The smallest absolute Gasteiger partial charge is 0.262 e. The Morgan fingerprint density at radius 2 is 2.10 bits per heavy atom. The van der Waals surface area contributed by atoms with Crippen LogP contribution in [0, 0.1) is 6.92 Å². The molecule has 0 saturated heterocycles. The van der Waals surface area contributed by atoms with Crippen LogP contribution in [0.15, 0.2) is 46.9 Å². The number of carbonyl (C=O) groups excluding carboxylic acids is 2. The van der Waals surface area contributed by atoms with Crippen molar-refractivity contribution in [2.75, 3.05) is 11.9 Å².